The van der Waals surface area contributed by atoms with Crippen molar-refractivity contribution in [2.75, 3.05) is 6.54 Å². The van der Waals surface area contributed by atoms with Crippen molar-refractivity contribution in [1.82, 2.24) is 10.6 Å². The largest absolute Gasteiger partial charge is 0.480 e. The summed E-state index contributed by atoms with van der Waals surface area (Å²) in [7, 11) is 0. The van der Waals surface area contributed by atoms with Crippen molar-refractivity contribution < 1.29 is 19.5 Å². The highest BCUT2D eigenvalue weighted by atomic mass is 16.4. The fourth-order valence-corrected chi connectivity index (χ4v) is 2.18. The molecule has 2 amide bonds. The van der Waals surface area contributed by atoms with Crippen LogP contribution in [0.1, 0.15) is 34.3 Å². The Morgan fingerprint density at radius 2 is 1.91 bits per heavy atom. The Balaban J connectivity index is 1.86. The summed E-state index contributed by atoms with van der Waals surface area (Å²) in [6.45, 7) is 3.63. The maximum absolute atomic E-state index is 12.0. The van der Waals surface area contributed by atoms with E-state index in [1.165, 1.54) is 0 Å². The van der Waals surface area contributed by atoms with Gasteiger partial charge in [-0.3, -0.25) is 9.59 Å². The van der Waals surface area contributed by atoms with Crippen molar-refractivity contribution in [3.05, 3.63) is 34.9 Å². The fraction of sp³-hybridized carbons (Fsp3) is 0.438. The lowest BCUT2D eigenvalue weighted by Crippen LogP contribution is -2.46. The van der Waals surface area contributed by atoms with Gasteiger partial charge in [-0.1, -0.05) is 6.07 Å². The van der Waals surface area contributed by atoms with Gasteiger partial charge in [-0.25, -0.2) is 4.79 Å². The van der Waals surface area contributed by atoms with E-state index in [1.54, 1.807) is 12.1 Å². The van der Waals surface area contributed by atoms with Gasteiger partial charge in [-0.15, -0.1) is 0 Å². The van der Waals surface area contributed by atoms with Gasteiger partial charge < -0.3 is 15.7 Å². The molecule has 0 aliphatic heterocycles. The van der Waals surface area contributed by atoms with E-state index in [1.807, 2.05) is 19.9 Å². The lowest BCUT2D eigenvalue weighted by atomic mass is 10.1. The molecule has 0 heterocycles. The van der Waals surface area contributed by atoms with Crippen LogP contribution in [-0.4, -0.2) is 35.5 Å². The van der Waals surface area contributed by atoms with E-state index in [0.29, 0.717) is 5.56 Å². The molecule has 0 bridgehead atoms. The minimum atomic E-state index is -1.03. The van der Waals surface area contributed by atoms with Gasteiger partial charge in [0.1, 0.15) is 6.04 Å². The van der Waals surface area contributed by atoms with Gasteiger partial charge in [-0.2, -0.15) is 0 Å². The van der Waals surface area contributed by atoms with Gasteiger partial charge in [0.2, 0.25) is 5.91 Å². The van der Waals surface area contributed by atoms with E-state index in [2.05, 4.69) is 10.6 Å². The number of carboxylic acid groups (broad SMARTS) is 1. The first kappa shape index (κ1) is 16.0. The Bertz CT molecular complexity index is 608. The van der Waals surface area contributed by atoms with Crippen LogP contribution >= 0.6 is 0 Å². The van der Waals surface area contributed by atoms with Crippen LogP contribution in [-0.2, 0) is 9.59 Å². The van der Waals surface area contributed by atoms with Crippen LogP contribution in [0.5, 0.6) is 0 Å². The minimum Gasteiger partial charge on any atom is -0.480 e. The molecule has 22 heavy (non-hydrogen) atoms. The first-order valence-corrected chi connectivity index (χ1v) is 7.26. The maximum atomic E-state index is 12.0. The first-order chi connectivity index (χ1) is 10.4. The molecule has 1 atom stereocenters. The summed E-state index contributed by atoms with van der Waals surface area (Å²) < 4.78 is 0. The summed E-state index contributed by atoms with van der Waals surface area (Å²) in [5.41, 5.74) is 2.56. The number of hydrogen-bond donors (Lipinski definition) is 3. The third kappa shape index (κ3) is 4.07. The Kier molecular flexibility index (Phi) is 4.80. The van der Waals surface area contributed by atoms with Crippen LogP contribution in [0.2, 0.25) is 0 Å². The number of hydrogen-bond acceptors (Lipinski definition) is 3. The summed E-state index contributed by atoms with van der Waals surface area (Å²) >= 11 is 0. The predicted molar refractivity (Wildman–Crippen MR) is 80.5 cm³/mol. The third-order valence-electron chi connectivity index (χ3n) is 3.85. The maximum Gasteiger partial charge on any atom is 0.326 e. The second kappa shape index (κ2) is 6.60. The molecule has 0 aromatic heterocycles. The lowest BCUT2D eigenvalue weighted by molar-refractivity contribution is -0.142. The number of rotatable bonds is 6. The fourth-order valence-electron chi connectivity index (χ4n) is 2.18. The third-order valence-corrected chi connectivity index (χ3v) is 3.85. The summed E-state index contributed by atoms with van der Waals surface area (Å²) in [5, 5.41) is 14.0. The topological polar surface area (TPSA) is 95.5 Å². The van der Waals surface area contributed by atoms with Gasteiger partial charge in [-0.05, 0) is 55.9 Å². The van der Waals surface area contributed by atoms with Crippen LogP contribution < -0.4 is 10.6 Å². The van der Waals surface area contributed by atoms with Gasteiger partial charge >= 0.3 is 5.97 Å². The number of benzene rings is 1. The second-order valence-corrected chi connectivity index (χ2v) is 5.70. The van der Waals surface area contributed by atoms with Crippen molar-refractivity contribution >= 4 is 17.8 Å². The zero-order chi connectivity index (χ0) is 16.3. The van der Waals surface area contributed by atoms with E-state index < -0.39 is 17.9 Å². The molecule has 0 radical (unpaired) electrons. The van der Waals surface area contributed by atoms with Crippen molar-refractivity contribution in [2.24, 2.45) is 5.92 Å². The molecule has 1 fully saturated rings. The average Bonchev–Trinajstić information content (AvgIpc) is 3.29. The van der Waals surface area contributed by atoms with Crippen LogP contribution in [0.25, 0.3) is 0 Å². The summed E-state index contributed by atoms with van der Waals surface area (Å²) in [4.78, 5) is 34.8. The zero-order valence-corrected chi connectivity index (χ0v) is 12.7. The van der Waals surface area contributed by atoms with Crippen LogP contribution in [0.15, 0.2) is 18.2 Å². The average molecular weight is 304 g/mol. The molecule has 0 saturated heterocycles. The Hall–Kier alpha value is -2.37. The van der Waals surface area contributed by atoms with Gasteiger partial charge in [0.05, 0.1) is 6.54 Å². The smallest absolute Gasteiger partial charge is 0.326 e. The predicted octanol–water partition coefficient (Wildman–Crippen LogP) is 1.01. The Labute approximate surface area is 128 Å². The molecule has 1 aliphatic rings. The molecule has 1 aliphatic carbocycles. The molecular weight excluding hydrogens is 284 g/mol. The molecule has 3 N–H and O–H groups in total. The van der Waals surface area contributed by atoms with E-state index in [4.69, 9.17) is 5.11 Å². The van der Waals surface area contributed by atoms with Crippen molar-refractivity contribution in [2.45, 2.75) is 32.7 Å². The molecule has 118 valence electrons. The second-order valence-electron chi connectivity index (χ2n) is 5.70. The van der Waals surface area contributed by atoms with Crippen LogP contribution in [0.4, 0.5) is 0 Å². The SMILES string of the molecule is Cc1ccc(C(=O)NCC(=O)NC(C(=O)O)C2CC2)cc1C. The van der Waals surface area contributed by atoms with E-state index in [0.717, 1.165) is 24.0 Å². The zero-order valence-electron chi connectivity index (χ0n) is 12.7. The molecule has 1 saturated carbocycles. The number of nitrogens with one attached hydrogen (secondary N) is 2. The van der Waals surface area contributed by atoms with Crippen molar-refractivity contribution in [3.8, 4) is 0 Å². The quantitative estimate of drug-likeness (QED) is 0.731. The lowest BCUT2D eigenvalue weighted by Gasteiger charge is -2.14. The van der Waals surface area contributed by atoms with Crippen LogP contribution in [0, 0.1) is 19.8 Å². The van der Waals surface area contributed by atoms with Gasteiger partial charge in [0, 0.05) is 5.56 Å². The summed E-state index contributed by atoms with van der Waals surface area (Å²) in [6, 6.07) is 4.44. The Morgan fingerprint density at radius 3 is 2.45 bits per heavy atom. The molecule has 1 aromatic rings. The minimum absolute atomic E-state index is 0.0110. The van der Waals surface area contributed by atoms with Gasteiger partial charge in [0.25, 0.3) is 5.91 Å². The van der Waals surface area contributed by atoms with E-state index in [9.17, 15) is 14.4 Å². The molecular formula is C16H20N2O4. The molecule has 1 unspecified atom stereocenters. The number of aryl methyl sites for hydroxylation is 2. The number of carbonyl (C=O) groups is 3. The highest BCUT2D eigenvalue weighted by Gasteiger charge is 2.37. The first-order valence-electron chi connectivity index (χ1n) is 7.26. The molecule has 1 aromatic carbocycles. The van der Waals surface area contributed by atoms with Crippen LogP contribution in [0.3, 0.4) is 0 Å². The van der Waals surface area contributed by atoms with Crippen molar-refractivity contribution in [3.63, 3.8) is 0 Å². The number of carbonyl (C=O) groups excluding carboxylic acids is 2. The molecule has 2 rings (SSSR count). The highest BCUT2D eigenvalue weighted by molar-refractivity contribution is 5.97. The molecule has 6 heteroatoms. The van der Waals surface area contributed by atoms with E-state index in [-0.39, 0.29) is 18.4 Å². The normalized spacial score (nSPS) is 15.0. The van der Waals surface area contributed by atoms with E-state index >= 15 is 0 Å². The summed E-state index contributed by atoms with van der Waals surface area (Å²) in [6.07, 6.45) is 1.62. The van der Waals surface area contributed by atoms with Gasteiger partial charge in [0.15, 0.2) is 0 Å². The molecule has 0 spiro atoms. The molecule has 6 nitrogen and oxygen atoms in total. The number of aliphatic carboxylic acids is 1. The summed E-state index contributed by atoms with van der Waals surface area (Å²) in [5.74, 6) is -1.86. The standard InChI is InChI=1S/C16H20N2O4/c1-9-3-4-12(7-10(9)2)15(20)17-8-13(19)18-14(16(21)22)11-5-6-11/h3-4,7,11,14H,5-6,8H2,1-2H3,(H,17,20)(H,18,19)(H,21,22). The van der Waals surface area contributed by atoms with Crippen molar-refractivity contribution in [1.29, 1.82) is 0 Å². The highest BCUT2D eigenvalue weighted by Crippen LogP contribution is 2.32. The number of carboxylic acids is 1. The number of amides is 2. The monoisotopic (exact) mass is 304 g/mol. The Morgan fingerprint density at radius 1 is 1.23 bits per heavy atom.